The van der Waals surface area contributed by atoms with Crippen LogP contribution in [0.4, 0.5) is 0 Å². The molecular weight excluding hydrogens is 324 g/mol. The van der Waals surface area contributed by atoms with Crippen molar-refractivity contribution in [3.63, 3.8) is 0 Å². The fourth-order valence-electron chi connectivity index (χ4n) is 1.83. The summed E-state index contributed by atoms with van der Waals surface area (Å²) in [4.78, 5) is 12.0. The van der Waals surface area contributed by atoms with Gasteiger partial charge in [0.1, 0.15) is 0 Å². The lowest BCUT2D eigenvalue weighted by Crippen LogP contribution is -2.44. The zero-order valence-corrected chi connectivity index (χ0v) is 13.3. The summed E-state index contributed by atoms with van der Waals surface area (Å²) in [5, 5.41) is 0. The topological polar surface area (TPSA) is 89.3 Å². The Balaban J connectivity index is 0.00000242. The van der Waals surface area contributed by atoms with Crippen LogP contribution >= 0.6 is 12.4 Å². The first-order valence-corrected chi connectivity index (χ1v) is 7.88. The predicted molar refractivity (Wildman–Crippen MR) is 87.1 cm³/mol. The van der Waals surface area contributed by atoms with Crippen molar-refractivity contribution < 1.29 is 13.2 Å². The first kappa shape index (κ1) is 18.2. The van der Waals surface area contributed by atoms with E-state index in [1.807, 2.05) is 35.1 Å². The van der Waals surface area contributed by atoms with Crippen LogP contribution in [0.5, 0.6) is 0 Å². The Kier molecular flexibility index (Phi) is 6.55. The first-order chi connectivity index (χ1) is 9.99. The van der Waals surface area contributed by atoms with Crippen molar-refractivity contribution in [3.8, 4) is 0 Å². The molecule has 2 aromatic carbocycles. The van der Waals surface area contributed by atoms with E-state index in [1.54, 1.807) is 18.2 Å². The number of halogens is 1. The summed E-state index contributed by atoms with van der Waals surface area (Å²) in [6.45, 7) is 0. The molecule has 0 unspecified atom stereocenters. The van der Waals surface area contributed by atoms with E-state index in [4.69, 9.17) is 5.73 Å². The second-order valence-corrected chi connectivity index (χ2v) is 6.26. The number of carbonyl (C=O) groups excluding carboxylic acids is 1. The molecule has 0 saturated carbocycles. The van der Waals surface area contributed by atoms with E-state index in [0.717, 1.165) is 5.56 Å². The fourth-order valence-corrected chi connectivity index (χ4v) is 2.88. The quantitative estimate of drug-likeness (QED) is 0.862. The highest BCUT2D eigenvalue weighted by molar-refractivity contribution is 7.90. The van der Waals surface area contributed by atoms with E-state index in [9.17, 15) is 13.2 Å². The van der Waals surface area contributed by atoms with Gasteiger partial charge in [0.05, 0.1) is 10.9 Å². The van der Waals surface area contributed by atoms with E-state index in [2.05, 4.69) is 0 Å². The van der Waals surface area contributed by atoms with Crippen molar-refractivity contribution in [1.29, 1.82) is 0 Å². The van der Waals surface area contributed by atoms with Gasteiger partial charge in [0.25, 0.3) is 15.9 Å². The number of rotatable bonds is 5. The highest BCUT2D eigenvalue weighted by Crippen LogP contribution is 2.08. The van der Waals surface area contributed by atoms with Crippen molar-refractivity contribution in [2.75, 3.05) is 0 Å². The average Bonchev–Trinajstić information content (AvgIpc) is 2.48. The van der Waals surface area contributed by atoms with Gasteiger partial charge in [-0.25, -0.2) is 13.1 Å². The molecule has 1 amide bonds. The van der Waals surface area contributed by atoms with Gasteiger partial charge in [0.15, 0.2) is 0 Å². The Bertz CT molecular complexity index is 706. The maximum atomic E-state index is 12.0. The molecule has 2 rings (SSSR count). The van der Waals surface area contributed by atoms with Gasteiger partial charge in [-0.2, -0.15) is 0 Å². The molecule has 3 N–H and O–H groups in total. The molecular formula is C15H17ClN2O3S. The third-order valence-electron chi connectivity index (χ3n) is 2.92. The first-order valence-electron chi connectivity index (χ1n) is 6.40. The predicted octanol–water partition coefficient (Wildman–Crippen LogP) is 1.48. The lowest BCUT2D eigenvalue weighted by molar-refractivity contribution is -0.120. The molecule has 2 aromatic rings. The Morgan fingerprint density at radius 1 is 1.00 bits per heavy atom. The minimum atomic E-state index is -3.88. The summed E-state index contributed by atoms with van der Waals surface area (Å²) >= 11 is 0. The highest BCUT2D eigenvalue weighted by Gasteiger charge is 2.21. The molecule has 0 radical (unpaired) electrons. The molecule has 22 heavy (non-hydrogen) atoms. The lowest BCUT2D eigenvalue weighted by atomic mass is 10.1. The molecule has 5 nitrogen and oxygen atoms in total. The Labute approximate surface area is 136 Å². The summed E-state index contributed by atoms with van der Waals surface area (Å²) in [6.07, 6.45) is 0.275. The molecule has 118 valence electrons. The monoisotopic (exact) mass is 340 g/mol. The van der Waals surface area contributed by atoms with Gasteiger partial charge in [0.2, 0.25) is 0 Å². The second kappa shape index (κ2) is 7.93. The van der Waals surface area contributed by atoms with E-state index in [0.29, 0.717) is 0 Å². The van der Waals surface area contributed by atoms with Crippen molar-refractivity contribution in [2.45, 2.75) is 17.4 Å². The van der Waals surface area contributed by atoms with Gasteiger partial charge >= 0.3 is 0 Å². The standard InChI is InChI=1S/C15H16N2O3S.ClH/c16-14(11-12-7-3-1-4-8-12)15(18)17-21(19,20)13-9-5-2-6-10-13;/h1-10,14H,11,16H2,(H,17,18);1H/t14-;/m0./s1. The number of amides is 1. The number of nitrogens with two attached hydrogens (primary N) is 1. The summed E-state index contributed by atoms with van der Waals surface area (Å²) in [5.74, 6) is -0.720. The van der Waals surface area contributed by atoms with Crippen LogP contribution in [0.25, 0.3) is 0 Å². The number of benzene rings is 2. The van der Waals surface area contributed by atoms with Gasteiger partial charge in [-0.15, -0.1) is 12.4 Å². The number of hydrogen-bond acceptors (Lipinski definition) is 4. The summed E-state index contributed by atoms with van der Waals surface area (Å²) in [7, 11) is -3.88. The Morgan fingerprint density at radius 2 is 1.50 bits per heavy atom. The van der Waals surface area contributed by atoms with Gasteiger partial charge in [-0.3, -0.25) is 4.79 Å². The molecule has 1 atom stereocenters. The maximum absolute atomic E-state index is 12.0. The summed E-state index contributed by atoms with van der Waals surface area (Å²) in [5.41, 5.74) is 6.63. The SMILES string of the molecule is Cl.N[C@@H](Cc1ccccc1)C(=O)NS(=O)(=O)c1ccccc1. The third-order valence-corrected chi connectivity index (χ3v) is 4.29. The summed E-state index contributed by atoms with van der Waals surface area (Å²) < 4.78 is 26.0. The molecule has 0 aliphatic rings. The second-order valence-electron chi connectivity index (χ2n) is 4.58. The minimum absolute atomic E-state index is 0. The molecule has 0 aliphatic heterocycles. The van der Waals surface area contributed by atoms with Gasteiger partial charge in [-0.1, -0.05) is 48.5 Å². The number of carbonyl (C=O) groups is 1. The zero-order chi connectivity index (χ0) is 15.3. The third kappa shape index (κ3) is 4.84. The zero-order valence-electron chi connectivity index (χ0n) is 11.7. The van der Waals surface area contributed by atoms with Gasteiger partial charge in [0, 0.05) is 0 Å². The molecule has 0 saturated heterocycles. The molecule has 0 spiro atoms. The van der Waals surface area contributed by atoms with Crippen LogP contribution < -0.4 is 10.5 Å². The number of hydrogen-bond donors (Lipinski definition) is 2. The number of sulfonamides is 1. The van der Waals surface area contributed by atoms with E-state index >= 15 is 0 Å². The Morgan fingerprint density at radius 3 is 2.05 bits per heavy atom. The molecule has 0 fully saturated rings. The van der Waals surface area contributed by atoms with Gasteiger partial charge in [-0.05, 0) is 24.1 Å². The molecule has 0 bridgehead atoms. The van der Waals surface area contributed by atoms with Crippen molar-refractivity contribution in [2.24, 2.45) is 5.73 Å². The van der Waals surface area contributed by atoms with Gasteiger partial charge < -0.3 is 5.73 Å². The molecule has 0 heterocycles. The van der Waals surface area contributed by atoms with Crippen LogP contribution in [0.1, 0.15) is 5.56 Å². The van der Waals surface area contributed by atoms with Crippen LogP contribution in [-0.4, -0.2) is 20.4 Å². The van der Waals surface area contributed by atoms with Crippen molar-refractivity contribution in [1.82, 2.24) is 4.72 Å². The largest absolute Gasteiger partial charge is 0.320 e. The summed E-state index contributed by atoms with van der Waals surface area (Å²) in [6, 6.07) is 16.0. The smallest absolute Gasteiger partial charge is 0.264 e. The average molecular weight is 341 g/mol. The van der Waals surface area contributed by atoms with Crippen LogP contribution in [0.2, 0.25) is 0 Å². The molecule has 0 aliphatic carbocycles. The van der Waals surface area contributed by atoms with Crippen LogP contribution in [0.15, 0.2) is 65.6 Å². The number of nitrogens with one attached hydrogen (secondary N) is 1. The van der Waals surface area contributed by atoms with Crippen molar-refractivity contribution >= 4 is 28.3 Å². The van der Waals surface area contributed by atoms with Crippen LogP contribution in [0.3, 0.4) is 0 Å². The van der Waals surface area contributed by atoms with E-state index in [-0.39, 0.29) is 23.7 Å². The van der Waals surface area contributed by atoms with E-state index in [1.165, 1.54) is 12.1 Å². The molecule has 7 heteroatoms. The van der Waals surface area contributed by atoms with Crippen LogP contribution in [-0.2, 0) is 21.2 Å². The highest BCUT2D eigenvalue weighted by atomic mass is 35.5. The van der Waals surface area contributed by atoms with E-state index < -0.39 is 22.0 Å². The van der Waals surface area contributed by atoms with Crippen LogP contribution in [0, 0.1) is 0 Å². The normalized spacial score (nSPS) is 12.0. The lowest BCUT2D eigenvalue weighted by Gasteiger charge is -2.12. The Hall–Kier alpha value is -1.89. The van der Waals surface area contributed by atoms with Crippen molar-refractivity contribution in [3.05, 3.63) is 66.2 Å². The minimum Gasteiger partial charge on any atom is -0.320 e. The maximum Gasteiger partial charge on any atom is 0.264 e. The molecule has 0 aromatic heterocycles. The fraction of sp³-hybridized carbons (Fsp3) is 0.133.